The van der Waals surface area contributed by atoms with Crippen LogP contribution in [0.1, 0.15) is 27.9 Å². The van der Waals surface area contributed by atoms with Crippen LogP contribution in [0.4, 0.5) is 0 Å². The summed E-state index contributed by atoms with van der Waals surface area (Å²) >= 11 is 0. The van der Waals surface area contributed by atoms with Crippen LogP contribution in [0.3, 0.4) is 0 Å². The highest BCUT2D eigenvalue weighted by atomic mass is 16.5. The fraction of sp³-hybridized carbons (Fsp3) is 0.108. The number of rotatable bonds is 9. The number of aromatic amines is 1. The molecule has 5 aromatic rings. The zero-order chi connectivity index (χ0) is 28.0. The Labute approximate surface area is 241 Å². The summed E-state index contributed by atoms with van der Waals surface area (Å²) < 4.78 is 10.8. The van der Waals surface area contributed by atoms with Crippen LogP contribution in [0, 0.1) is 0 Å². The third-order valence-corrected chi connectivity index (χ3v) is 7.31. The van der Waals surface area contributed by atoms with Crippen molar-refractivity contribution in [1.29, 1.82) is 0 Å². The molecule has 1 aliphatic heterocycles. The van der Waals surface area contributed by atoms with E-state index in [2.05, 4.69) is 108 Å². The highest BCUT2D eigenvalue weighted by Crippen LogP contribution is 2.31. The molecule has 0 radical (unpaired) electrons. The summed E-state index contributed by atoms with van der Waals surface area (Å²) in [6.45, 7) is 0. The van der Waals surface area contributed by atoms with Gasteiger partial charge in [0.05, 0.1) is 25.6 Å². The molecule has 1 aromatic heterocycles. The Morgan fingerprint density at radius 3 is 1.80 bits per heavy atom. The normalized spacial score (nSPS) is 13.7. The highest BCUT2D eigenvalue weighted by Gasteiger charge is 2.19. The van der Waals surface area contributed by atoms with E-state index in [9.17, 15) is 0 Å². The maximum atomic E-state index is 5.39. The summed E-state index contributed by atoms with van der Waals surface area (Å²) in [5.74, 6) is 1.68. The molecule has 6 rings (SSSR count). The summed E-state index contributed by atoms with van der Waals surface area (Å²) in [5.41, 5.74) is 11.2. The number of methoxy groups -OCH3 is 2. The van der Waals surface area contributed by atoms with Gasteiger partial charge in [-0.2, -0.15) is 0 Å². The van der Waals surface area contributed by atoms with E-state index in [-0.39, 0.29) is 0 Å². The number of aliphatic imine (C=N–C) groups is 1. The molecule has 202 valence electrons. The molecule has 2 heterocycles. The van der Waals surface area contributed by atoms with Crippen LogP contribution < -0.4 is 9.47 Å². The molecular formula is C37H32N2O2. The second-order valence-electron chi connectivity index (χ2n) is 10.1. The van der Waals surface area contributed by atoms with Gasteiger partial charge in [0.25, 0.3) is 0 Å². The van der Waals surface area contributed by atoms with Crippen LogP contribution in [-0.2, 0) is 12.8 Å². The molecule has 0 saturated heterocycles. The van der Waals surface area contributed by atoms with Crippen molar-refractivity contribution in [2.24, 2.45) is 4.99 Å². The van der Waals surface area contributed by atoms with Crippen LogP contribution in [0.5, 0.6) is 11.5 Å². The molecule has 1 aliphatic rings. The Morgan fingerprint density at radius 2 is 1.22 bits per heavy atom. The van der Waals surface area contributed by atoms with E-state index in [1.807, 2.05) is 24.3 Å². The van der Waals surface area contributed by atoms with Crippen LogP contribution >= 0.6 is 0 Å². The zero-order valence-electron chi connectivity index (χ0n) is 23.3. The third kappa shape index (κ3) is 6.07. The first kappa shape index (κ1) is 26.1. The molecule has 0 amide bonds. The van der Waals surface area contributed by atoms with Gasteiger partial charge in [0, 0.05) is 17.0 Å². The van der Waals surface area contributed by atoms with E-state index in [0.717, 1.165) is 58.3 Å². The number of allylic oxidation sites excluding steroid dienone is 2. The monoisotopic (exact) mass is 536 g/mol. The van der Waals surface area contributed by atoms with Gasteiger partial charge in [-0.15, -0.1) is 0 Å². The predicted octanol–water partition coefficient (Wildman–Crippen LogP) is 8.30. The number of aromatic nitrogens is 1. The minimum absolute atomic E-state index is 0.810. The largest absolute Gasteiger partial charge is 0.497 e. The van der Waals surface area contributed by atoms with E-state index >= 15 is 0 Å². The second-order valence-corrected chi connectivity index (χ2v) is 10.1. The van der Waals surface area contributed by atoms with Crippen LogP contribution in [0.15, 0.2) is 138 Å². The molecule has 1 N–H and O–H groups in total. The molecule has 0 aliphatic carbocycles. The van der Waals surface area contributed by atoms with E-state index in [0.29, 0.717) is 0 Å². The van der Waals surface area contributed by atoms with Crippen molar-refractivity contribution in [3.8, 4) is 22.8 Å². The number of nitrogens with one attached hydrogen (secondary N) is 1. The quantitative estimate of drug-likeness (QED) is 0.206. The predicted molar refractivity (Wildman–Crippen MR) is 168 cm³/mol. The summed E-state index contributed by atoms with van der Waals surface area (Å²) in [4.78, 5) is 8.80. The lowest BCUT2D eigenvalue weighted by Gasteiger charge is -2.08. The van der Waals surface area contributed by atoms with Gasteiger partial charge in [-0.25, -0.2) is 4.99 Å². The molecule has 0 saturated carbocycles. The van der Waals surface area contributed by atoms with Gasteiger partial charge in [-0.1, -0.05) is 60.7 Å². The number of H-pyrrole nitrogens is 1. The van der Waals surface area contributed by atoms with Gasteiger partial charge in [0.2, 0.25) is 0 Å². The fourth-order valence-corrected chi connectivity index (χ4v) is 5.23. The van der Waals surface area contributed by atoms with Crippen molar-refractivity contribution in [3.05, 3.63) is 161 Å². The van der Waals surface area contributed by atoms with Crippen molar-refractivity contribution in [3.63, 3.8) is 0 Å². The van der Waals surface area contributed by atoms with Crippen LogP contribution in [-0.4, -0.2) is 24.9 Å². The number of nitrogens with zero attached hydrogens (tertiary/aromatic N) is 1. The first-order valence-electron chi connectivity index (χ1n) is 13.8. The molecule has 0 spiro atoms. The number of benzene rings is 4. The second kappa shape index (κ2) is 12.0. The smallest absolute Gasteiger partial charge is 0.118 e. The maximum absolute atomic E-state index is 5.39. The SMILES string of the molecule is COc1ccc(C2=N/C(=C\c3cc(Cc4ccccc4)c(-c4ccc(OC)cc4)[nH]3)C=C2Cc2ccccc2)cc1. The number of hydrogen-bond donors (Lipinski definition) is 1. The average molecular weight is 537 g/mol. The Bertz CT molecular complexity index is 1710. The zero-order valence-corrected chi connectivity index (χ0v) is 23.3. The lowest BCUT2D eigenvalue weighted by Crippen LogP contribution is -2.04. The molecular weight excluding hydrogens is 504 g/mol. The molecule has 4 heteroatoms. The van der Waals surface area contributed by atoms with Crippen molar-refractivity contribution in [2.45, 2.75) is 12.8 Å². The van der Waals surface area contributed by atoms with Gasteiger partial charge in [-0.3, -0.25) is 0 Å². The minimum Gasteiger partial charge on any atom is -0.497 e. The van der Waals surface area contributed by atoms with Crippen molar-refractivity contribution in [1.82, 2.24) is 4.98 Å². The van der Waals surface area contributed by atoms with Crippen molar-refractivity contribution >= 4 is 11.8 Å². The number of ether oxygens (including phenoxy) is 2. The van der Waals surface area contributed by atoms with Gasteiger partial charge >= 0.3 is 0 Å². The first-order valence-corrected chi connectivity index (χ1v) is 13.8. The van der Waals surface area contributed by atoms with Crippen LogP contribution in [0.25, 0.3) is 17.3 Å². The summed E-state index contributed by atoms with van der Waals surface area (Å²) in [6.07, 6.45) is 5.99. The van der Waals surface area contributed by atoms with E-state index in [4.69, 9.17) is 14.5 Å². The van der Waals surface area contributed by atoms with Crippen molar-refractivity contribution in [2.75, 3.05) is 14.2 Å². The topological polar surface area (TPSA) is 46.6 Å². The molecule has 4 aromatic carbocycles. The molecule has 0 fully saturated rings. The highest BCUT2D eigenvalue weighted by molar-refractivity contribution is 6.15. The van der Waals surface area contributed by atoms with E-state index in [1.165, 1.54) is 22.3 Å². The standard InChI is InChI=1S/C37H32N2O2/c1-40-34-17-13-28(14-18-34)36-30(21-26-9-5-3-6-10-26)23-32(38-36)25-33-24-31(22-27-11-7-4-8-12-27)37(39-33)29-15-19-35(41-2)20-16-29/h3-20,23-25,38H,21-22H2,1-2H3/b33-25-. The summed E-state index contributed by atoms with van der Waals surface area (Å²) in [7, 11) is 3.38. The molecule has 0 atom stereocenters. The summed E-state index contributed by atoms with van der Waals surface area (Å²) in [6, 6.07) is 39.7. The third-order valence-electron chi connectivity index (χ3n) is 7.31. The van der Waals surface area contributed by atoms with E-state index in [1.54, 1.807) is 14.2 Å². The average Bonchev–Trinajstić information content (AvgIpc) is 3.61. The van der Waals surface area contributed by atoms with Gasteiger partial charge in [0.15, 0.2) is 0 Å². The molecule has 41 heavy (non-hydrogen) atoms. The lowest BCUT2D eigenvalue weighted by molar-refractivity contribution is 0.414. The minimum atomic E-state index is 0.810. The molecule has 0 unspecified atom stereocenters. The molecule has 4 nitrogen and oxygen atoms in total. The molecule has 0 bridgehead atoms. The Balaban J connectivity index is 1.39. The Morgan fingerprint density at radius 1 is 0.659 bits per heavy atom. The Kier molecular flexibility index (Phi) is 7.63. The van der Waals surface area contributed by atoms with Gasteiger partial charge in [0.1, 0.15) is 11.5 Å². The van der Waals surface area contributed by atoms with Gasteiger partial charge in [-0.05, 0) is 107 Å². The van der Waals surface area contributed by atoms with E-state index < -0.39 is 0 Å². The lowest BCUT2D eigenvalue weighted by atomic mass is 9.97. The maximum Gasteiger partial charge on any atom is 0.118 e. The fourth-order valence-electron chi connectivity index (χ4n) is 5.23. The Hall–Kier alpha value is -5.09. The summed E-state index contributed by atoms with van der Waals surface area (Å²) in [5, 5.41) is 0. The van der Waals surface area contributed by atoms with Gasteiger partial charge < -0.3 is 14.5 Å². The first-order chi connectivity index (χ1) is 20.2. The number of hydrogen-bond acceptors (Lipinski definition) is 3. The van der Waals surface area contributed by atoms with Crippen LogP contribution in [0.2, 0.25) is 0 Å². The van der Waals surface area contributed by atoms with Crippen molar-refractivity contribution < 1.29 is 9.47 Å².